The van der Waals surface area contributed by atoms with Crippen molar-refractivity contribution in [1.29, 1.82) is 0 Å². The van der Waals surface area contributed by atoms with Crippen molar-refractivity contribution in [2.24, 2.45) is 5.92 Å². The van der Waals surface area contributed by atoms with Crippen LogP contribution < -0.4 is 5.11 Å². The second-order valence-electron chi connectivity index (χ2n) is 5.17. The Morgan fingerprint density at radius 3 is 2.11 bits per heavy atom. The minimum atomic E-state index is -1.34. The summed E-state index contributed by atoms with van der Waals surface area (Å²) in [6.45, 7) is 1.44. The summed E-state index contributed by atoms with van der Waals surface area (Å²) in [6.07, 6.45) is -1.35. The lowest BCUT2D eigenvalue weighted by Gasteiger charge is -2.29. The van der Waals surface area contributed by atoms with Gasteiger partial charge in [-0.3, -0.25) is 9.59 Å². The minimum absolute atomic E-state index is 0.256. The van der Waals surface area contributed by atoms with E-state index in [9.17, 15) is 19.5 Å². The number of hydrogen-bond donors (Lipinski definition) is 1. The SMILES string of the molecule is C[C@H](C(=O)O)C(=O)O[C@H](CC(=O)[O-])C[N+](C)(C)C. The van der Waals surface area contributed by atoms with Gasteiger partial charge >= 0.3 is 11.9 Å². The summed E-state index contributed by atoms with van der Waals surface area (Å²) in [4.78, 5) is 32.6. The number of aliphatic carboxylic acids is 2. The van der Waals surface area contributed by atoms with Crippen molar-refractivity contribution < 1.29 is 33.8 Å². The van der Waals surface area contributed by atoms with Gasteiger partial charge in [0.15, 0.2) is 12.0 Å². The molecule has 0 rings (SSSR count). The van der Waals surface area contributed by atoms with Gasteiger partial charge in [-0.2, -0.15) is 0 Å². The number of ether oxygens (including phenoxy) is 1. The molecule has 0 heterocycles. The van der Waals surface area contributed by atoms with Crippen molar-refractivity contribution in [2.45, 2.75) is 19.4 Å². The van der Waals surface area contributed by atoms with Gasteiger partial charge in [-0.15, -0.1) is 0 Å². The fraction of sp³-hybridized carbons (Fsp3) is 0.727. The van der Waals surface area contributed by atoms with Crippen molar-refractivity contribution >= 4 is 17.9 Å². The molecule has 0 aromatic carbocycles. The molecule has 0 fully saturated rings. The second kappa shape index (κ2) is 6.34. The van der Waals surface area contributed by atoms with Crippen molar-refractivity contribution in [3.05, 3.63) is 0 Å². The molecule has 0 aliphatic heterocycles. The van der Waals surface area contributed by atoms with Gasteiger partial charge in [0.2, 0.25) is 0 Å². The van der Waals surface area contributed by atoms with E-state index in [-0.39, 0.29) is 6.54 Å². The highest BCUT2D eigenvalue weighted by Gasteiger charge is 2.28. The van der Waals surface area contributed by atoms with E-state index in [1.807, 2.05) is 0 Å². The largest absolute Gasteiger partial charge is 0.550 e. The number of carboxylic acid groups (broad SMARTS) is 2. The van der Waals surface area contributed by atoms with E-state index in [1.165, 1.54) is 6.92 Å². The first-order valence-electron chi connectivity index (χ1n) is 5.46. The molecule has 0 radical (unpaired) electrons. The van der Waals surface area contributed by atoms with E-state index in [1.54, 1.807) is 21.1 Å². The molecule has 0 saturated heterocycles. The predicted octanol–water partition coefficient (Wildman–Crippen LogP) is -1.53. The topological polar surface area (TPSA) is 104 Å². The van der Waals surface area contributed by atoms with Gasteiger partial charge in [0.1, 0.15) is 6.54 Å². The first-order valence-corrected chi connectivity index (χ1v) is 5.46. The summed E-state index contributed by atoms with van der Waals surface area (Å²) in [5.74, 6) is -4.91. The van der Waals surface area contributed by atoms with E-state index in [0.29, 0.717) is 4.48 Å². The van der Waals surface area contributed by atoms with Gasteiger partial charge in [-0.05, 0) is 6.92 Å². The smallest absolute Gasteiger partial charge is 0.320 e. The van der Waals surface area contributed by atoms with Gasteiger partial charge < -0.3 is 24.2 Å². The van der Waals surface area contributed by atoms with Crippen molar-refractivity contribution in [3.8, 4) is 0 Å². The van der Waals surface area contributed by atoms with Crippen LogP contribution in [0, 0.1) is 5.92 Å². The molecule has 0 unspecified atom stereocenters. The molecule has 0 spiro atoms. The molecule has 0 aliphatic rings. The highest BCUT2D eigenvalue weighted by atomic mass is 16.5. The molecule has 0 aromatic rings. The lowest BCUT2D eigenvalue weighted by Crippen LogP contribution is -2.45. The van der Waals surface area contributed by atoms with Gasteiger partial charge in [0.05, 0.1) is 21.1 Å². The summed E-state index contributed by atoms with van der Waals surface area (Å²) in [6, 6.07) is 0. The van der Waals surface area contributed by atoms with Crippen LogP contribution in [0.4, 0.5) is 0 Å². The molecule has 7 nitrogen and oxygen atoms in total. The monoisotopic (exact) mass is 261 g/mol. The molecule has 0 bridgehead atoms. The fourth-order valence-electron chi connectivity index (χ4n) is 1.31. The molecule has 0 aliphatic carbocycles. The van der Waals surface area contributed by atoms with Crippen molar-refractivity contribution in [3.63, 3.8) is 0 Å². The number of rotatable bonds is 7. The maximum absolute atomic E-state index is 11.4. The van der Waals surface area contributed by atoms with Gasteiger partial charge in [0, 0.05) is 12.4 Å². The molecule has 104 valence electrons. The maximum Gasteiger partial charge on any atom is 0.320 e. The fourth-order valence-corrected chi connectivity index (χ4v) is 1.31. The van der Waals surface area contributed by atoms with E-state index in [2.05, 4.69) is 0 Å². The van der Waals surface area contributed by atoms with Crippen LogP contribution in [0.3, 0.4) is 0 Å². The minimum Gasteiger partial charge on any atom is -0.550 e. The predicted molar refractivity (Wildman–Crippen MR) is 59.2 cm³/mol. The summed E-state index contributed by atoms with van der Waals surface area (Å²) in [7, 11) is 5.41. The maximum atomic E-state index is 11.4. The number of carbonyl (C=O) groups is 3. The third-order valence-corrected chi connectivity index (χ3v) is 2.15. The molecule has 0 saturated carbocycles. The number of likely N-dealkylation sites (N-methyl/N-ethyl adjacent to an activating group) is 1. The number of nitrogens with zero attached hydrogens (tertiary/aromatic N) is 1. The summed E-state index contributed by atoms with van der Waals surface area (Å²) in [5, 5.41) is 19.2. The quantitative estimate of drug-likeness (QED) is 0.338. The lowest BCUT2D eigenvalue weighted by molar-refractivity contribution is -0.873. The number of hydrogen-bond acceptors (Lipinski definition) is 5. The van der Waals surface area contributed by atoms with Crippen LogP contribution in [0.25, 0.3) is 0 Å². The van der Waals surface area contributed by atoms with Crippen LogP contribution in [0.1, 0.15) is 13.3 Å². The Balaban J connectivity index is 4.63. The Bertz CT molecular complexity index is 333. The van der Waals surface area contributed by atoms with Crippen LogP contribution in [0.5, 0.6) is 0 Å². The van der Waals surface area contributed by atoms with Gasteiger partial charge in [-0.1, -0.05) is 0 Å². The van der Waals surface area contributed by atoms with Crippen molar-refractivity contribution in [1.82, 2.24) is 0 Å². The van der Waals surface area contributed by atoms with Gasteiger partial charge in [0.25, 0.3) is 0 Å². The zero-order valence-electron chi connectivity index (χ0n) is 11.0. The van der Waals surface area contributed by atoms with Crippen molar-refractivity contribution in [2.75, 3.05) is 27.7 Å². The molecule has 2 atom stereocenters. The van der Waals surface area contributed by atoms with Crippen LogP contribution in [-0.2, 0) is 19.1 Å². The zero-order valence-corrected chi connectivity index (χ0v) is 11.0. The lowest BCUT2D eigenvalue weighted by atomic mass is 10.2. The first-order chi connectivity index (χ1) is 8.03. The van der Waals surface area contributed by atoms with Crippen LogP contribution in [0.15, 0.2) is 0 Å². The summed E-state index contributed by atoms with van der Waals surface area (Å²) in [5.41, 5.74) is 0. The zero-order chi connectivity index (χ0) is 14.5. The average Bonchev–Trinajstić information content (AvgIpc) is 2.11. The number of esters is 1. The third-order valence-electron chi connectivity index (χ3n) is 2.15. The Kier molecular flexibility index (Phi) is 5.77. The molecular formula is C11H19NO6. The number of carbonyl (C=O) groups excluding carboxylic acids is 2. The molecule has 18 heavy (non-hydrogen) atoms. The van der Waals surface area contributed by atoms with E-state index in [0.717, 1.165) is 0 Å². The second-order valence-corrected chi connectivity index (χ2v) is 5.17. The summed E-state index contributed by atoms with van der Waals surface area (Å²) < 4.78 is 5.29. The summed E-state index contributed by atoms with van der Waals surface area (Å²) >= 11 is 0. The normalized spacial score (nSPS) is 14.7. The Hall–Kier alpha value is -1.63. The molecule has 0 amide bonds. The first kappa shape index (κ1) is 16.4. The molecule has 1 N–H and O–H groups in total. The van der Waals surface area contributed by atoms with E-state index < -0.39 is 36.4 Å². The Labute approximate surface area is 106 Å². The Morgan fingerprint density at radius 2 is 1.78 bits per heavy atom. The van der Waals surface area contributed by atoms with E-state index >= 15 is 0 Å². The standard InChI is InChI=1S/C11H19NO6/c1-7(10(15)16)11(17)18-8(5-9(13)14)6-12(2,3)4/h7-8H,5-6H2,1-4H3,(H-,13,14,15,16)/t7-,8-/m1/s1. The Morgan fingerprint density at radius 1 is 1.28 bits per heavy atom. The third kappa shape index (κ3) is 6.85. The number of carboxylic acids is 2. The number of quaternary nitrogens is 1. The average molecular weight is 261 g/mol. The molecule has 7 heteroatoms. The van der Waals surface area contributed by atoms with Crippen LogP contribution >= 0.6 is 0 Å². The highest BCUT2D eigenvalue weighted by Crippen LogP contribution is 2.08. The van der Waals surface area contributed by atoms with Gasteiger partial charge in [-0.25, -0.2) is 0 Å². The van der Waals surface area contributed by atoms with Crippen LogP contribution in [-0.4, -0.2) is 61.3 Å². The molecule has 0 aromatic heterocycles. The highest BCUT2D eigenvalue weighted by molar-refractivity contribution is 5.93. The van der Waals surface area contributed by atoms with E-state index in [4.69, 9.17) is 9.84 Å². The molecular weight excluding hydrogens is 242 g/mol. The van der Waals surface area contributed by atoms with Crippen LogP contribution in [0.2, 0.25) is 0 Å².